The number of piperidine rings is 1. The molecule has 1 aliphatic rings. The van der Waals surface area contributed by atoms with Gasteiger partial charge < -0.3 is 15.0 Å². The number of hydrogen-bond acceptors (Lipinski definition) is 6. The van der Waals surface area contributed by atoms with E-state index in [9.17, 15) is 4.79 Å². The molecular formula is C13H20N4O2. The van der Waals surface area contributed by atoms with Crippen molar-refractivity contribution in [1.82, 2.24) is 15.3 Å². The molecule has 2 rings (SSSR count). The Hall–Kier alpha value is -1.69. The lowest BCUT2D eigenvalue weighted by Gasteiger charge is -2.36. The maximum atomic E-state index is 11.5. The summed E-state index contributed by atoms with van der Waals surface area (Å²) in [7, 11) is 3.30. The van der Waals surface area contributed by atoms with Gasteiger partial charge in [0.1, 0.15) is 5.82 Å². The van der Waals surface area contributed by atoms with Gasteiger partial charge in [0, 0.05) is 19.1 Å². The van der Waals surface area contributed by atoms with Gasteiger partial charge in [-0.1, -0.05) is 0 Å². The molecule has 0 bridgehead atoms. The lowest BCUT2D eigenvalue weighted by atomic mass is 10.0. The lowest BCUT2D eigenvalue weighted by Crippen LogP contribution is -2.45. The zero-order valence-electron chi connectivity index (χ0n) is 11.4. The molecule has 1 fully saturated rings. The number of nitrogens with zero attached hydrogens (tertiary/aromatic N) is 3. The predicted molar refractivity (Wildman–Crippen MR) is 72.3 cm³/mol. The molecule has 1 unspecified atom stereocenters. The molecule has 0 saturated carbocycles. The van der Waals surface area contributed by atoms with E-state index >= 15 is 0 Å². The van der Waals surface area contributed by atoms with Crippen molar-refractivity contribution in [2.24, 2.45) is 0 Å². The van der Waals surface area contributed by atoms with Crippen molar-refractivity contribution in [2.75, 3.05) is 32.1 Å². The van der Waals surface area contributed by atoms with E-state index < -0.39 is 5.97 Å². The second-order valence-electron chi connectivity index (χ2n) is 4.65. The van der Waals surface area contributed by atoms with Gasteiger partial charge in [-0.2, -0.15) is 0 Å². The van der Waals surface area contributed by atoms with Gasteiger partial charge in [0.05, 0.1) is 19.5 Å². The smallest absolute Gasteiger partial charge is 0.358 e. The van der Waals surface area contributed by atoms with Crippen LogP contribution in [-0.2, 0) is 4.74 Å². The first-order chi connectivity index (χ1) is 9.26. The molecule has 1 aromatic heterocycles. The fourth-order valence-corrected chi connectivity index (χ4v) is 2.45. The summed E-state index contributed by atoms with van der Waals surface area (Å²) < 4.78 is 4.68. The average molecular weight is 264 g/mol. The van der Waals surface area contributed by atoms with E-state index in [1.54, 1.807) is 6.20 Å². The molecule has 0 aromatic carbocycles. The second kappa shape index (κ2) is 6.47. The number of ether oxygens (including phenoxy) is 1. The van der Waals surface area contributed by atoms with Crippen LogP contribution in [0.15, 0.2) is 12.4 Å². The largest absolute Gasteiger partial charge is 0.464 e. The number of esters is 1. The quantitative estimate of drug-likeness (QED) is 0.813. The van der Waals surface area contributed by atoms with Crippen LogP contribution < -0.4 is 10.2 Å². The first-order valence-electron chi connectivity index (χ1n) is 6.58. The van der Waals surface area contributed by atoms with Gasteiger partial charge >= 0.3 is 5.97 Å². The molecule has 19 heavy (non-hydrogen) atoms. The van der Waals surface area contributed by atoms with Crippen LogP contribution in [0.5, 0.6) is 0 Å². The number of anilines is 1. The van der Waals surface area contributed by atoms with E-state index in [1.165, 1.54) is 19.7 Å². The normalized spacial score (nSPS) is 19.3. The summed E-state index contributed by atoms with van der Waals surface area (Å²) in [5, 5.41) is 3.20. The van der Waals surface area contributed by atoms with E-state index in [4.69, 9.17) is 0 Å². The minimum absolute atomic E-state index is 0.258. The van der Waals surface area contributed by atoms with Crippen LogP contribution >= 0.6 is 0 Å². The molecule has 1 aromatic rings. The van der Waals surface area contributed by atoms with Crippen LogP contribution in [0.4, 0.5) is 5.82 Å². The summed E-state index contributed by atoms with van der Waals surface area (Å²) >= 11 is 0. The van der Waals surface area contributed by atoms with Crippen LogP contribution in [-0.4, -0.2) is 49.2 Å². The Bertz CT molecular complexity index is 436. The summed E-state index contributed by atoms with van der Waals surface area (Å²) in [6.07, 6.45) is 6.65. The molecule has 6 nitrogen and oxygen atoms in total. The minimum atomic E-state index is -0.448. The molecule has 1 aliphatic heterocycles. The SMILES string of the molecule is CNCC1CCCCN1c1cncc(C(=O)OC)n1. The molecule has 0 amide bonds. The van der Waals surface area contributed by atoms with Gasteiger partial charge in [-0.05, 0) is 26.3 Å². The van der Waals surface area contributed by atoms with Crippen LogP contribution in [0.1, 0.15) is 29.8 Å². The molecule has 0 aliphatic carbocycles. The molecule has 1 N–H and O–H groups in total. The van der Waals surface area contributed by atoms with Crippen LogP contribution in [0.3, 0.4) is 0 Å². The van der Waals surface area contributed by atoms with Gasteiger partial charge in [0.15, 0.2) is 5.69 Å². The predicted octanol–water partition coefficient (Wildman–Crippen LogP) is 0.841. The average Bonchev–Trinajstić information content (AvgIpc) is 2.47. The van der Waals surface area contributed by atoms with E-state index in [1.807, 2.05) is 7.05 Å². The fraction of sp³-hybridized carbons (Fsp3) is 0.615. The first kappa shape index (κ1) is 13.7. The van der Waals surface area contributed by atoms with Gasteiger partial charge in [0.2, 0.25) is 0 Å². The third-order valence-electron chi connectivity index (χ3n) is 3.38. The Morgan fingerprint density at radius 1 is 1.53 bits per heavy atom. The molecule has 2 heterocycles. The molecule has 6 heteroatoms. The third kappa shape index (κ3) is 3.20. The Labute approximate surface area is 113 Å². The number of nitrogens with one attached hydrogen (secondary N) is 1. The monoisotopic (exact) mass is 264 g/mol. The molecular weight excluding hydrogens is 244 g/mol. The molecule has 1 atom stereocenters. The fourth-order valence-electron chi connectivity index (χ4n) is 2.45. The van der Waals surface area contributed by atoms with E-state index in [2.05, 4.69) is 24.9 Å². The van der Waals surface area contributed by atoms with Gasteiger partial charge in [-0.25, -0.2) is 9.78 Å². The second-order valence-corrected chi connectivity index (χ2v) is 4.65. The maximum Gasteiger partial charge on any atom is 0.358 e. The number of carbonyl (C=O) groups is 1. The number of likely N-dealkylation sites (N-methyl/N-ethyl adjacent to an activating group) is 1. The topological polar surface area (TPSA) is 67.4 Å². The highest BCUT2D eigenvalue weighted by Gasteiger charge is 2.24. The van der Waals surface area contributed by atoms with Crippen molar-refractivity contribution in [3.05, 3.63) is 18.1 Å². The van der Waals surface area contributed by atoms with Gasteiger partial charge in [-0.3, -0.25) is 4.98 Å². The highest BCUT2D eigenvalue weighted by atomic mass is 16.5. The van der Waals surface area contributed by atoms with E-state index in [0.717, 1.165) is 31.7 Å². The van der Waals surface area contributed by atoms with Crippen LogP contribution in [0, 0.1) is 0 Å². The minimum Gasteiger partial charge on any atom is -0.464 e. The number of aromatic nitrogens is 2. The summed E-state index contributed by atoms with van der Waals surface area (Å²) in [4.78, 5) is 22.2. The zero-order chi connectivity index (χ0) is 13.7. The van der Waals surface area contributed by atoms with Crippen molar-refractivity contribution in [2.45, 2.75) is 25.3 Å². The van der Waals surface area contributed by atoms with Crippen LogP contribution in [0.25, 0.3) is 0 Å². The summed E-state index contributed by atoms with van der Waals surface area (Å²) in [5.41, 5.74) is 0.258. The lowest BCUT2D eigenvalue weighted by molar-refractivity contribution is 0.0593. The van der Waals surface area contributed by atoms with Gasteiger partial charge in [-0.15, -0.1) is 0 Å². The van der Waals surface area contributed by atoms with E-state index in [0.29, 0.717) is 6.04 Å². The summed E-state index contributed by atoms with van der Waals surface area (Å²) in [6.45, 7) is 1.86. The number of rotatable bonds is 4. The van der Waals surface area contributed by atoms with Crippen molar-refractivity contribution in [3.8, 4) is 0 Å². The van der Waals surface area contributed by atoms with Crippen molar-refractivity contribution >= 4 is 11.8 Å². The Balaban J connectivity index is 2.21. The summed E-state index contributed by atoms with van der Waals surface area (Å²) in [5.74, 6) is 0.305. The van der Waals surface area contributed by atoms with Crippen molar-refractivity contribution < 1.29 is 9.53 Å². The van der Waals surface area contributed by atoms with E-state index in [-0.39, 0.29) is 5.69 Å². The number of methoxy groups -OCH3 is 1. The molecule has 104 valence electrons. The Morgan fingerprint density at radius 2 is 2.37 bits per heavy atom. The van der Waals surface area contributed by atoms with Gasteiger partial charge in [0.25, 0.3) is 0 Å². The summed E-state index contributed by atoms with van der Waals surface area (Å²) in [6, 6.07) is 0.404. The Kier molecular flexibility index (Phi) is 4.68. The van der Waals surface area contributed by atoms with Crippen molar-refractivity contribution in [1.29, 1.82) is 0 Å². The van der Waals surface area contributed by atoms with Crippen molar-refractivity contribution in [3.63, 3.8) is 0 Å². The standard InChI is InChI=1S/C13H20N4O2/c1-14-7-10-5-3-4-6-17(10)12-9-15-8-11(16-12)13(18)19-2/h8-10,14H,3-7H2,1-2H3. The first-order valence-corrected chi connectivity index (χ1v) is 6.58. The number of hydrogen-bond donors (Lipinski definition) is 1. The molecule has 1 saturated heterocycles. The van der Waals surface area contributed by atoms with Crippen LogP contribution in [0.2, 0.25) is 0 Å². The Morgan fingerprint density at radius 3 is 3.11 bits per heavy atom. The zero-order valence-corrected chi connectivity index (χ0v) is 11.4. The highest BCUT2D eigenvalue weighted by Crippen LogP contribution is 2.22. The number of carbonyl (C=O) groups excluding carboxylic acids is 1. The highest BCUT2D eigenvalue weighted by molar-refractivity contribution is 5.87. The molecule has 0 radical (unpaired) electrons. The maximum absolute atomic E-state index is 11.5. The molecule has 0 spiro atoms. The third-order valence-corrected chi connectivity index (χ3v) is 3.38.